The first kappa shape index (κ1) is 18.7. The number of piperidine rings is 1. The van der Waals surface area contributed by atoms with Crippen molar-refractivity contribution in [3.05, 3.63) is 81.8 Å². The number of likely N-dealkylation sites (tertiary alicyclic amines) is 1. The second-order valence-corrected chi connectivity index (χ2v) is 8.83. The molecule has 3 aromatic rings. The maximum Gasteiger partial charge on any atom is 0.0207 e. The standard InChI is InChI=1S/C25H28BrN/c1-19-9-10-25(26)23(17-19)18-20-11-14-27(15-12-20)16-13-22-7-4-6-21-5-2-3-8-24(21)22/h2-10,17,20H,11-16,18H2,1H3. The topological polar surface area (TPSA) is 3.24 Å². The number of fused-ring (bicyclic) bond motifs is 1. The van der Waals surface area contributed by atoms with Gasteiger partial charge in [0.25, 0.3) is 0 Å². The van der Waals surface area contributed by atoms with Crippen molar-refractivity contribution in [2.75, 3.05) is 19.6 Å². The molecule has 4 rings (SSSR count). The van der Waals surface area contributed by atoms with Crippen LogP contribution >= 0.6 is 15.9 Å². The second kappa shape index (κ2) is 8.58. The molecule has 27 heavy (non-hydrogen) atoms. The molecule has 3 aromatic carbocycles. The molecule has 140 valence electrons. The minimum atomic E-state index is 0.817. The van der Waals surface area contributed by atoms with Gasteiger partial charge in [0.15, 0.2) is 0 Å². The average molecular weight is 422 g/mol. The van der Waals surface area contributed by atoms with E-state index >= 15 is 0 Å². The van der Waals surface area contributed by atoms with Crippen LogP contribution in [0, 0.1) is 12.8 Å². The first-order valence-electron chi connectivity index (χ1n) is 10.1. The van der Waals surface area contributed by atoms with E-state index in [2.05, 4.69) is 88.4 Å². The summed E-state index contributed by atoms with van der Waals surface area (Å²) in [6.07, 6.45) is 4.99. The van der Waals surface area contributed by atoms with E-state index in [1.54, 1.807) is 0 Å². The lowest BCUT2D eigenvalue weighted by Crippen LogP contribution is -2.35. The van der Waals surface area contributed by atoms with Gasteiger partial charge in [-0.15, -0.1) is 0 Å². The Hall–Kier alpha value is -1.64. The van der Waals surface area contributed by atoms with Crippen molar-refractivity contribution < 1.29 is 0 Å². The molecule has 0 radical (unpaired) electrons. The van der Waals surface area contributed by atoms with Crippen LogP contribution in [0.4, 0.5) is 0 Å². The monoisotopic (exact) mass is 421 g/mol. The van der Waals surface area contributed by atoms with Gasteiger partial charge < -0.3 is 4.90 Å². The Morgan fingerprint density at radius 2 is 1.70 bits per heavy atom. The third kappa shape index (κ3) is 4.62. The Bertz CT molecular complexity index is 904. The van der Waals surface area contributed by atoms with Crippen LogP contribution in [0.2, 0.25) is 0 Å². The molecule has 1 aliphatic heterocycles. The molecule has 1 fully saturated rings. The van der Waals surface area contributed by atoms with E-state index in [-0.39, 0.29) is 0 Å². The lowest BCUT2D eigenvalue weighted by Gasteiger charge is -2.32. The van der Waals surface area contributed by atoms with Gasteiger partial charge >= 0.3 is 0 Å². The van der Waals surface area contributed by atoms with Crippen LogP contribution < -0.4 is 0 Å². The van der Waals surface area contributed by atoms with Gasteiger partial charge in [-0.25, -0.2) is 0 Å². The van der Waals surface area contributed by atoms with Gasteiger partial charge in [-0.3, -0.25) is 0 Å². The molecule has 0 aromatic heterocycles. The van der Waals surface area contributed by atoms with Gasteiger partial charge in [0, 0.05) is 11.0 Å². The predicted octanol–water partition coefficient (Wildman–Crippen LogP) is 6.41. The first-order chi connectivity index (χ1) is 13.2. The van der Waals surface area contributed by atoms with E-state index in [0.29, 0.717) is 0 Å². The van der Waals surface area contributed by atoms with Crippen LogP contribution in [0.1, 0.15) is 29.5 Å². The summed E-state index contributed by atoms with van der Waals surface area (Å²) in [7, 11) is 0. The van der Waals surface area contributed by atoms with Crippen LogP contribution in [-0.4, -0.2) is 24.5 Å². The molecule has 1 aliphatic rings. The van der Waals surface area contributed by atoms with Crippen LogP contribution in [0.5, 0.6) is 0 Å². The van der Waals surface area contributed by atoms with Crippen LogP contribution in [-0.2, 0) is 12.8 Å². The van der Waals surface area contributed by atoms with Crippen LogP contribution in [0.3, 0.4) is 0 Å². The van der Waals surface area contributed by atoms with Crippen molar-refractivity contribution >= 4 is 26.7 Å². The van der Waals surface area contributed by atoms with Gasteiger partial charge in [-0.2, -0.15) is 0 Å². The summed E-state index contributed by atoms with van der Waals surface area (Å²) < 4.78 is 1.27. The maximum atomic E-state index is 3.73. The number of aryl methyl sites for hydroxylation is 1. The number of rotatable bonds is 5. The summed E-state index contributed by atoms with van der Waals surface area (Å²) >= 11 is 3.73. The summed E-state index contributed by atoms with van der Waals surface area (Å²) in [6, 6.07) is 22.2. The minimum absolute atomic E-state index is 0.817. The van der Waals surface area contributed by atoms with E-state index in [1.807, 2.05) is 0 Å². The van der Waals surface area contributed by atoms with Crippen LogP contribution in [0.15, 0.2) is 65.1 Å². The van der Waals surface area contributed by atoms with Gasteiger partial charge in [0.05, 0.1) is 0 Å². The molecule has 2 heteroatoms. The molecule has 0 bridgehead atoms. The van der Waals surface area contributed by atoms with E-state index in [4.69, 9.17) is 0 Å². The van der Waals surface area contributed by atoms with Gasteiger partial charge in [-0.05, 0) is 79.6 Å². The van der Waals surface area contributed by atoms with Gasteiger partial charge in [0.2, 0.25) is 0 Å². The molecule has 0 unspecified atom stereocenters. The van der Waals surface area contributed by atoms with E-state index in [1.165, 1.54) is 70.8 Å². The molecular formula is C25H28BrN. The van der Waals surface area contributed by atoms with Crippen molar-refractivity contribution in [2.45, 2.75) is 32.6 Å². The molecular weight excluding hydrogens is 394 g/mol. The third-order valence-electron chi connectivity index (χ3n) is 5.99. The summed E-state index contributed by atoms with van der Waals surface area (Å²) in [5, 5.41) is 2.77. The number of halogens is 1. The Morgan fingerprint density at radius 3 is 2.56 bits per heavy atom. The van der Waals surface area contributed by atoms with Crippen molar-refractivity contribution in [1.29, 1.82) is 0 Å². The number of hydrogen-bond acceptors (Lipinski definition) is 1. The van der Waals surface area contributed by atoms with E-state index in [9.17, 15) is 0 Å². The highest BCUT2D eigenvalue weighted by atomic mass is 79.9. The zero-order chi connectivity index (χ0) is 18.6. The highest BCUT2D eigenvalue weighted by Crippen LogP contribution is 2.27. The van der Waals surface area contributed by atoms with Crippen molar-refractivity contribution in [3.63, 3.8) is 0 Å². The summed E-state index contributed by atoms with van der Waals surface area (Å²) in [4.78, 5) is 2.66. The number of hydrogen-bond donors (Lipinski definition) is 0. The summed E-state index contributed by atoms with van der Waals surface area (Å²) in [5.41, 5.74) is 4.32. The number of benzene rings is 3. The smallest absolute Gasteiger partial charge is 0.0207 e. The molecule has 1 saturated heterocycles. The highest BCUT2D eigenvalue weighted by molar-refractivity contribution is 9.10. The average Bonchev–Trinajstić information content (AvgIpc) is 2.70. The molecule has 0 amide bonds. The predicted molar refractivity (Wildman–Crippen MR) is 119 cm³/mol. The summed E-state index contributed by atoms with van der Waals surface area (Å²) in [5.74, 6) is 0.817. The Labute approximate surface area is 171 Å². The highest BCUT2D eigenvalue weighted by Gasteiger charge is 2.20. The lowest BCUT2D eigenvalue weighted by atomic mass is 9.89. The molecule has 0 spiro atoms. The van der Waals surface area contributed by atoms with E-state index in [0.717, 1.165) is 12.3 Å². The SMILES string of the molecule is Cc1ccc(Br)c(CC2CCN(CCc3cccc4ccccc34)CC2)c1. The second-order valence-electron chi connectivity index (χ2n) is 7.97. The Balaban J connectivity index is 1.31. The molecule has 0 atom stereocenters. The fourth-order valence-electron chi connectivity index (χ4n) is 4.37. The zero-order valence-electron chi connectivity index (χ0n) is 16.1. The Kier molecular flexibility index (Phi) is 5.95. The molecule has 0 saturated carbocycles. The Morgan fingerprint density at radius 1 is 0.926 bits per heavy atom. The van der Waals surface area contributed by atoms with Crippen molar-refractivity contribution in [3.8, 4) is 0 Å². The van der Waals surface area contributed by atoms with Gasteiger partial charge in [-0.1, -0.05) is 76.1 Å². The van der Waals surface area contributed by atoms with Crippen LogP contribution in [0.25, 0.3) is 10.8 Å². The maximum absolute atomic E-state index is 3.73. The van der Waals surface area contributed by atoms with Gasteiger partial charge in [0.1, 0.15) is 0 Å². The van der Waals surface area contributed by atoms with Crippen molar-refractivity contribution in [2.24, 2.45) is 5.92 Å². The lowest BCUT2D eigenvalue weighted by molar-refractivity contribution is 0.186. The quantitative estimate of drug-likeness (QED) is 0.459. The third-order valence-corrected chi connectivity index (χ3v) is 6.77. The minimum Gasteiger partial charge on any atom is -0.303 e. The zero-order valence-corrected chi connectivity index (χ0v) is 17.7. The molecule has 0 N–H and O–H groups in total. The van der Waals surface area contributed by atoms with E-state index < -0.39 is 0 Å². The summed E-state index contributed by atoms with van der Waals surface area (Å²) in [6.45, 7) is 5.83. The molecule has 1 heterocycles. The fraction of sp³-hybridized carbons (Fsp3) is 0.360. The first-order valence-corrected chi connectivity index (χ1v) is 10.9. The largest absolute Gasteiger partial charge is 0.303 e. The molecule has 0 aliphatic carbocycles. The normalized spacial score (nSPS) is 16.1. The molecule has 1 nitrogen and oxygen atoms in total. The van der Waals surface area contributed by atoms with Crippen molar-refractivity contribution in [1.82, 2.24) is 4.90 Å². The fourth-order valence-corrected chi connectivity index (χ4v) is 4.78. The number of nitrogens with zero attached hydrogens (tertiary/aromatic N) is 1.